The largest absolute Gasteiger partial charge is 0.278 e. The van der Waals surface area contributed by atoms with E-state index in [1.54, 1.807) is 73.7 Å². The fourth-order valence-corrected chi connectivity index (χ4v) is 5.48. The van der Waals surface area contributed by atoms with Gasteiger partial charge in [0.15, 0.2) is 0 Å². The van der Waals surface area contributed by atoms with Gasteiger partial charge in [-0.3, -0.25) is 19.2 Å². The number of benzene rings is 4. The van der Waals surface area contributed by atoms with Crippen molar-refractivity contribution in [2.24, 2.45) is 5.10 Å². The third-order valence-electron chi connectivity index (χ3n) is 5.82. The van der Waals surface area contributed by atoms with Crippen molar-refractivity contribution in [2.75, 3.05) is 4.31 Å². The predicted molar refractivity (Wildman–Crippen MR) is 151 cm³/mol. The van der Waals surface area contributed by atoms with E-state index in [-0.39, 0.29) is 28.3 Å². The molecule has 0 fully saturated rings. The van der Waals surface area contributed by atoms with Gasteiger partial charge in [-0.15, -0.1) is 0 Å². The van der Waals surface area contributed by atoms with Crippen molar-refractivity contribution in [3.8, 4) is 0 Å². The van der Waals surface area contributed by atoms with Crippen LogP contribution in [-0.2, 0) is 16.6 Å². The summed E-state index contributed by atoms with van der Waals surface area (Å²) in [7, 11) is -3.94. The number of nitro benzene ring substituents is 1. The lowest BCUT2D eigenvalue weighted by Gasteiger charge is -2.26. The molecule has 11 heteroatoms. The topological polar surface area (TPSA) is 122 Å². The summed E-state index contributed by atoms with van der Waals surface area (Å²) in [5.74, 6) is -0.532. The molecule has 1 amide bonds. The minimum absolute atomic E-state index is 0.00383. The Morgan fingerprint density at radius 1 is 1.00 bits per heavy atom. The molecule has 0 saturated heterocycles. The number of nitrogens with one attached hydrogen (secondary N) is 1. The maximum Gasteiger partial charge on any atom is 0.278 e. The Kier molecular flexibility index (Phi) is 8.38. The number of anilines is 1. The van der Waals surface area contributed by atoms with Crippen LogP contribution in [0.3, 0.4) is 0 Å². The molecule has 198 valence electrons. The van der Waals surface area contributed by atoms with Gasteiger partial charge < -0.3 is 0 Å². The number of amides is 1. The molecule has 0 spiro atoms. The fourth-order valence-electron chi connectivity index (χ4n) is 3.79. The molecule has 39 heavy (non-hydrogen) atoms. The number of hydrogen-bond acceptors (Lipinski definition) is 6. The zero-order valence-electron chi connectivity index (χ0n) is 20.7. The second kappa shape index (κ2) is 11.9. The van der Waals surface area contributed by atoms with E-state index in [4.69, 9.17) is 11.6 Å². The maximum atomic E-state index is 13.6. The lowest BCUT2D eigenvalue weighted by molar-refractivity contribution is -0.385. The van der Waals surface area contributed by atoms with Crippen LogP contribution >= 0.6 is 11.6 Å². The highest BCUT2D eigenvalue weighted by atomic mass is 35.5. The third-order valence-corrected chi connectivity index (χ3v) is 7.83. The first-order chi connectivity index (χ1) is 18.7. The summed E-state index contributed by atoms with van der Waals surface area (Å²) in [6, 6.07) is 25.6. The van der Waals surface area contributed by atoms with Gasteiger partial charge in [0, 0.05) is 16.7 Å². The summed E-state index contributed by atoms with van der Waals surface area (Å²) in [5, 5.41) is 15.4. The molecule has 0 heterocycles. The van der Waals surface area contributed by atoms with Gasteiger partial charge in [0.1, 0.15) is 0 Å². The highest BCUT2D eigenvalue weighted by Gasteiger charge is 2.26. The van der Waals surface area contributed by atoms with E-state index in [0.717, 1.165) is 5.56 Å². The van der Waals surface area contributed by atoms with Gasteiger partial charge in [0.05, 0.1) is 33.8 Å². The van der Waals surface area contributed by atoms with Crippen molar-refractivity contribution in [1.29, 1.82) is 0 Å². The number of halogens is 1. The Bertz CT molecular complexity index is 1640. The van der Waals surface area contributed by atoms with Gasteiger partial charge >= 0.3 is 0 Å². The molecular weight excluding hydrogens is 540 g/mol. The molecular formula is C28H23ClN4O5S. The summed E-state index contributed by atoms with van der Waals surface area (Å²) in [4.78, 5) is 23.3. The van der Waals surface area contributed by atoms with Crippen LogP contribution in [0.5, 0.6) is 0 Å². The molecule has 4 aromatic rings. The normalized spacial score (nSPS) is 11.3. The van der Waals surface area contributed by atoms with Gasteiger partial charge in [0.25, 0.3) is 21.6 Å². The lowest BCUT2D eigenvalue weighted by atomic mass is 10.1. The number of carbonyl (C=O) groups is 1. The van der Waals surface area contributed by atoms with Crippen LogP contribution in [0.25, 0.3) is 0 Å². The average molecular weight is 563 g/mol. The smallest absolute Gasteiger partial charge is 0.267 e. The summed E-state index contributed by atoms with van der Waals surface area (Å²) in [5.41, 5.74) is 4.53. The first kappa shape index (κ1) is 27.5. The number of rotatable bonds is 9. The quantitative estimate of drug-likeness (QED) is 0.159. The Balaban J connectivity index is 1.55. The summed E-state index contributed by atoms with van der Waals surface area (Å²) in [6.07, 6.45) is 1.20. The number of hydrazone groups is 1. The molecule has 0 bridgehead atoms. The first-order valence-electron chi connectivity index (χ1n) is 11.7. The second-order valence-corrected chi connectivity index (χ2v) is 10.8. The van der Waals surface area contributed by atoms with Crippen molar-refractivity contribution < 1.29 is 18.1 Å². The van der Waals surface area contributed by atoms with Crippen LogP contribution in [0.4, 0.5) is 11.4 Å². The van der Waals surface area contributed by atoms with Crippen LogP contribution in [0.15, 0.2) is 107 Å². The van der Waals surface area contributed by atoms with Crippen molar-refractivity contribution >= 4 is 45.1 Å². The van der Waals surface area contributed by atoms with Crippen LogP contribution in [-0.4, -0.2) is 25.5 Å². The van der Waals surface area contributed by atoms with E-state index in [2.05, 4.69) is 10.5 Å². The number of carbonyl (C=O) groups excluding carboxylic acids is 1. The molecule has 0 aliphatic heterocycles. The number of sulfonamides is 1. The second-order valence-electron chi connectivity index (χ2n) is 8.47. The predicted octanol–water partition coefficient (Wildman–Crippen LogP) is 5.72. The van der Waals surface area contributed by atoms with Crippen LogP contribution in [0.2, 0.25) is 5.02 Å². The van der Waals surface area contributed by atoms with E-state index in [0.29, 0.717) is 16.3 Å². The van der Waals surface area contributed by atoms with E-state index in [9.17, 15) is 23.3 Å². The van der Waals surface area contributed by atoms with Crippen molar-refractivity contribution in [3.05, 3.63) is 134 Å². The lowest BCUT2D eigenvalue weighted by Crippen LogP contribution is -2.31. The fraction of sp³-hybridized carbons (Fsp3) is 0.0714. The molecule has 0 aromatic heterocycles. The Labute approximate surface area is 230 Å². The molecule has 1 N–H and O–H groups in total. The molecule has 0 saturated carbocycles. The number of para-hydroxylation sites is 1. The minimum Gasteiger partial charge on any atom is -0.267 e. The standard InChI is InChI=1S/C28H23ClN4O5S/c1-20-11-16-24(29)17-27(20)32(39(37,38)25-8-3-2-4-9-25)19-21-12-14-22(15-13-21)28(34)31-30-18-23-7-5-6-10-26(23)33(35)36/h2-18H,19H2,1H3,(H,31,34)/b30-18-. The monoisotopic (exact) mass is 562 g/mol. The van der Waals surface area contributed by atoms with Crippen LogP contribution in [0.1, 0.15) is 27.0 Å². The van der Waals surface area contributed by atoms with Crippen molar-refractivity contribution in [3.63, 3.8) is 0 Å². The molecule has 4 rings (SSSR count). The van der Waals surface area contributed by atoms with Gasteiger partial charge in [-0.1, -0.05) is 60.1 Å². The average Bonchev–Trinajstić information content (AvgIpc) is 2.94. The Morgan fingerprint density at radius 2 is 1.67 bits per heavy atom. The Hall–Kier alpha value is -4.54. The van der Waals surface area contributed by atoms with Crippen molar-refractivity contribution in [2.45, 2.75) is 18.4 Å². The van der Waals surface area contributed by atoms with E-state index in [1.165, 1.54) is 40.9 Å². The molecule has 0 aliphatic carbocycles. The van der Waals surface area contributed by atoms with E-state index in [1.807, 2.05) is 0 Å². The SMILES string of the molecule is Cc1ccc(Cl)cc1N(Cc1ccc(C(=O)N/N=C\c2ccccc2[N+](=O)[O-])cc1)S(=O)(=O)c1ccccc1. The molecule has 0 unspecified atom stereocenters. The maximum absolute atomic E-state index is 13.6. The van der Waals surface area contributed by atoms with Crippen molar-refractivity contribution in [1.82, 2.24) is 5.43 Å². The van der Waals surface area contributed by atoms with Gasteiger partial charge in [0.2, 0.25) is 0 Å². The minimum atomic E-state index is -3.94. The van der Waals surface area contributed by atoms with Crippen LogP contribution < -0.4 is 9.73 Å². The zero-order valence-corrected chi connectivity index (χ0v) is 22.3. The highest BCUT2D eigenvalue weighted by Crippen LogP contribution is 2.31. The highest BCUT2D eigenvalue weighted by molar-refractivity contribution is 7.92. The van der Waals surface area contributed by atoms with E-state index >= 15 is 0 Å². The molecule has 9 nitrogen and oxygen atoms in total. The summed E-state index contributed by atoms with van der Waals surface area (Å²) < 4.78 is 28.6. The number of nitro groups is 1. The van der Waals surface area contributed by atoms with E-state index < -0.39 is 20.9 Å². The Morgan fingerprint density at radius 3 is 2.36 bits per heavy atom. The van der Waals surface area contributed by atoms with Gasteiger partial charge in [-0.25, -0.2) is 13.8 Å². The molecule has 0 aliphatic rings. The van der Waals surface area contributed by atoms with Gasteiger partial charge in [-0.2, -0.15) is 5.10 Å². The molecule has 4 aromatic carbocycles. The number of hydrogen-bond donors (Lipinski definition) is 1. The summed E-state index contributed by atoms with van der Waals surface area (Å²) in [6.45, 7) is 1.80. The summed E-state index contributed by atoms with van der Waals surface area (Å²) >= 11 is 6.21. The number of nitrogens with zero attached hydrogens (tertiary/aromatic N) is 3. The first-order valence-corrected chi connectivity index (χ1v) is 13.5. The molecule has 0 atom stereocenters. The van der Waals surface area contributed by atoms with Gasteiger partial charge in [-0.05, 0) is 60.5 Å². The molecule has 0 radical (unpaired) electrons. The number of aryl methyl sites for hydroxylation is 1. The third kappa shape index (κ3) is 6.49. The van der Waals surface area contributed by atoms with Crippen LogP contribution in [0, 0.1) is 17.0 Å². The zero-order chi connectivity index (χ0) is 28.0.